The van der Waals surface area contributed by atoms with Gasteiger partial charge < -0.3 is 5.73 Å². The van der Waals surface area contributed by atoms with Gasteiger partial charge in [0.15, 0.2) is 0 Å². The zero-order valence-corrected chi connectivity index (χ0v) is 8.55. The fourth-order valence-electron chi connectivity index (χ4n) is 2.60. The summed E-state index contributed by atoms with van der Waals surface area (Å²) in [4.78, 5) is 0. The van der Waals surface area contributed by atoms with E-state index in [1.54, 1.807) is 0 Å². The summed E-state index contributed by atoms with van der Waals surface area (Å²) in [6, 6.07) is 0. The summed E-state index contributed by atoms with van der Waals surface area (Å²) in [7, 11) is 0. The van der Waals surface area contributed by atoms with Crippen molar-refractivity contribution in [1.29, 1.82) is 0 Å². The summed E-state index contributed by atoms with van der Waals surface area (Å²) in [6.07, 6.45) is 6.93. The van der Waals surface area contributed by atoms with Gasteiger partial charge in [-0.2, -0.15) is 0 Å². The highest BCUT2D eigenvalue weighted by Crippen LogP contribution is 2.35. The molecule has 3 unspecified atom stereocenters. The molecular weight excluding hydrogens is 146 g/mol. The van der Waals surface area contributed by atoms with Crippen molar-refractivity contribution in [3.63, 3.8) is 0 Å². The Morgan fingerprint density at radius 1 is 1.25 bits per heavy atom. The minimum Gasteiger partial charge on any atom is -0.330 e. The van der Waals surface area contributed by atoms with Gasteiger partial charge in [-0.1, -0.05) is 33.1 Å². The summed E-state index contributed by atoms with van der Waals surface area (Å²) < 4.78 is 0. The third kappa shape index (κ3) is 2.48. The Morgan fingerprint density at radius 2 is 2.00 bits per heavy atom. The molecule has 0 aromatic carbocycles. The van der Waals surface area contributed by atoms with Gasteiger partial charge in [-0.15, -0.1) is 0 Å². The van der Waals surface area contributed by atoms with E-state index in [1.165, 1.54) is 32.1 Å². The lowest BCUT2D eigenvalue weighted by atomic mass is 9.73. The van der Waals surface area contributed by atoms with Gasteiger partial charge in [-0.05, 0) is 37.1 Å². The average Bonchev–Trinajstić information content (AvgIpc) is 2.05. The van der Waals surface area contributed by atoms with E-state index in [-0.39, 0.29) is 0 Å². The Bertz CT molecular complexity index is 122. The molecule has 72 valence electrons. The SMILES string of the molecule is CCCC1CC(C)CCC1CN. The van der Waals surface area contributed by atoms with Gasteiger partial charge in [0, 0.05) is 0 Å². The van der Waals surface area contributed by atoms with Crippen molar-refractivity contribution in [2.45, 2.75) is 46.0 Å². The van der Waals surface area contributed by atoms with E-state index >= 15 is 0 Å². The zero-order valence-electron chi connectivity index (χ0n) is 8.55. The van der Waals surface area contributed by atoms with E-state index < -0.39 is 0 Å². The van der Waals surface area contributed by atoms with Gasteiger partial charge in [0.1, 0.15) is 0 Å². The number of hydrogen-bond acceptors (Lipinski definition) is 1. The standard InChI is InChI=1S/C11H23N/c1-3-4-10-7-9(2)5-6-11(10)8-12/h9-11H,3-8,12H2,1-2H3. The second-order valence-electron chi connectivity index (χ2n) is 4.46. The molecule has 0 amide bonds. The Kier molecular flexibility index (Phi) is 4.07. The fourth-order valence-corrected chi connectivity index (χ4v) is 2.60. The molecule has 1 heteroatoms. The molecule has 1 aliphatic carbocycles. The molecule has 0 bridgehead atoms. The molecule has 0 aromatic rings. The van der Waals surface area contributed by atoms with E-state index in [9.17, 15) is 0 Å². The van der Waals surface area contributed by atoms with Crippen LogP contribution in [0.1, 0.15) is 46.0 Å². The van der Waals surface area contributed by atoms with Gasteiger partial charge in [0.05, 0.1) is 0 Å². The average molecular weight is 169 g/mol. The maximum atomic E-state index is 5.77. The Hall–Kier alpha value is -0.0400. The van der Waals surface area contributed by atoms with E-state index in [1.807, 2.05) is 0 Å². The van der Waals surface area contributed by atoms with Gasteiger partial charge in [0.2, 0.25) is 0 Å². The molecule has 12 heavy (non-hydrogen) atoms. The van der Waals surface area contributed by atoms with Crippen LogP contribution in [-0.4, -0.2) is 6.54 Å². The summed E-state index contributed by atoms with van der Waals surface area (Å²) in [5.74, 6) is 2.72. The highest BCUT2D eigenvalue weighted by Gasteiger charge is 2.26. The Labute approximate surface area is 76.7 Å². The van der Waals surface area contributed by atoms with Crippen molar-refractivity contribution in [1.82, 2.24) is 0 Å². The summed E-state index contributed by atoms with van der Waals surface area (Å²) in [6.45, 7) is 5.58. The van der Waals surface area contributed by atoms with Crippen molar-refractivity contribution in [2.75, 3.05) is 6.54 Å². The van der Waals surface area contributed by atoms with Crippen LogP contribution in [0.5, 0.6) is 0 Å². The maximum Gasteiger partial charge on any atom is -0.00462 e. The highest BCUT2D eigenvalue weighted by atomic mass is 14.6. The molecule has 3 atom stereocenters. The van der Waals surface area contributed by atoms with Crippen molar-refractivity contribution in [3.8, 4) is 0 Å². The summed E-state index contributed by atoms with van der Waals surface area (Å²) in [5.41, 5.74) is 5.77. The molecule has 1 rings (SSSR count). The van der Waals surface area contributed by atoms with Gasteiger partial charge in [-0.25, -0.2) is 0 Å². The first-order valence-corrected chi connectivity index (χ1v) is 5.48. The smallest absolute Gasteiger partial charge is 0.00462 e. The molecule has 2 N–H and O–H groups in total. The van der Waals surface area contributed by atoms with Crippen molar-refractivity contribution < 1.29 is 0 Å². The van der Waals surface area contributed by atoms with Gasteiger partial charge in [0.25, 0.3) is 0 Å². The molecule has 1 aliphatic rings. The predicted molar refractivity (Wildman–Crippen MR) is 54.0 cm³/mol. The van der Waals surface area contributed by atoms with E-state index in [4.69, 9.17) is 5.73 Å². The molecule has 1 fully saturated rings. The normalized spacial score (nSPS) is 36.8. The predicted octanol–water partition coefficient (Wildman–Crippen LogP) is 2.80. The zero-order chi connectivity index (χ0) is 8.97. The minimum atomic E-state index is 0.834. The third-order valence-electron chi connectivity index (χ3n) is 3.36. The first-order chi connectivity index (χ1) is 5.77. The molecule has 0 radical (unpaired) electrons. The van der Waals surface area contributed by atoms with Crippen LogP contribution in [0.2, 0.25) is 0 Å². The maximum absolute atomic E-state index is 5.77. The largest absolute Gasteiger partial charge is 0.330 e. The van der Waals surface area contributed by atoms with Crippen LogP contribution in [0.15, 0.2) is 0 Å². The van der Waals surface area contributed by atoms with Crippen LogP contribution in [-0.2, 0) is 0 Å². The van der Waals surface area contributed by atoms with Crippen molar-refractivity contribution >= 4 is 0 Å². The van der Waals surface area contributed by atoms with Crippen molar-refractivity contribution in [2.24, 2.45) is 23.5 Å². The lowest BCUT2D eigenvalue weighted by molar-refractivity contribution is 0.183. The highest BCUT2D eigenvalue weighted by molar-refractivity contribution is 4.78. The lowest BCUT2D eigenvalue weighted by Crippen LogP contribution is -2.29. The molecule has 0 aromatic heterocycles. The van der Waals surface area contributed by atoms with Gasteiger partial charge >= 0.3 is 0 Å². The number of nitrogens with two attached hydrogens (primary N) is 1. The van der Waals surface area contributed by atoms with E-state index in [0.29, 0.717) is 0 Å². The number of hydrogen-bond donors (Lipinski definition) is 1. The fraction of sp³-hybridized carbons (Fsp3) is 1.00. The molecule has 1 nitrogen and oxygen atoms in total. The molecule has 0 spiro atoms. The minimum absolute atomic E-state index is 0.834. The van der Waals surface area contributed by atoms with Crippen LogP contribution in [0.4, 0.5) is 0 Å². The first kappa shape index (κ1) is 10.0. The van der Waals surface area contributed by atoms with Gasteiger partial charge in [-0.3, -0.25) is 0 Å². The van der Waals surface area contributed by atoms with Crippen LogP contribution in [0.25, 0.3) is 0 Å². The van der Waals surface area contributed by atoms with E-state index in [2.05, 4.69) is 13.8 Å². The molecular formula is C11H23N. The Morgan fingerprint density at radius 3 is 2.58 bits per heavy atom. The van der Waals surface area contributed by atoms with E-state index in [0.717, 1.165) is 24.3 Å². The van der Waals surface area contributed by atoms with Crippen LogP contribution >= 0.6 is 0 Å². The second-order valence-corrected chi connectivity index (χ2v) is 4.46. The molecule has 0 heterocycles. The molecule has 0 saturated heterocycles. The Balaban J connectivity index is 2.40. The molecule has 1 saturated carbocycles. The van der Waals surface area contributed by atoms with Crippen LogP contribution in [0, 0.1) is 17.8 Å². The monoisotopic (exact) mass is 169 g/mol. The second kappa shape index (κ2) is 4.86. The third-order valence-corrected chi connectivity index (χ3v) is 3.36. The summed E-state index contributed by atoms with van der Waals surface area (Å²) in [5, 5.41) is 0. The number of rotatable bonds is 3. The molecule has 0 aliphatic heterocycles. The topological polar surface area (TPSA) is 26.0 Å². The first-order valence-electron chi connectivity index (χ1n) is 5.48. The van der Waals surface area contributed by atoms with Crippen LogP contribution < -0.4 is 5.73 Å². The summed E-state index contributed by atoms with van der Waals surface area (Å²) >= 11 is 0. The lowest BCUT2D eigenvalue weighted by Gasteiger charge is -2.34. The quantitative estimate of drug-likeness (QED) is 0.690. The van der Waals surface area contributed by atoms with Crippen LogP contribution in [0.3, 0.4) is 0 Å². The van der Waals surface area contributed by atoms with Crippen molar-refractivity contribution in [3.05, 3.63) is 0 Å².